The first-order chi connectivity index (χ1) is 12.4. The number of sulfonamides is 1. The molecule has 0 aliphatic heterocycles. The van der Waals surface area contributed by atoms with E-state index >= 15 is 0 Å². The van der Waals surface area contributed by atoms with E-state index in [-0.39, 0.29) is 28.9 Å². The molecular formula is C19H20FNO4S. The number of nitrogens with zero attached hydrogens (tertiary/aromatic N) is 1. The monoisotopic (exact) mass is 377 g/mol. The summed E-state index contributed by atoms with van der Waals surface area (Å²) in [4.78, 5) is 11.0. The number of benzene rings is 2. The number of halogens is 1. The summed E-state index contributed by atoms with van der Waals surface area (Å²) in [5.41, 5.74) is 0.749. The van der Waals surface area contributed by atoms with E-state index in [1.165, 1.54) is 40.7 Å². The van der Waals surface area contributed by atoms with E-state index < -0.39 is 16.0 Å². The van der Waals surface area contributed by atoms with Gasteiger partial charge in [-0.25, -0.2) is 17.6 Å². The average Bonchev–Trinajstić information content (AvgIpc) is 3.15. The SMILES string of the molecule is O=C(O)c1ccc(S(=O)(=O)N(Cc2ccc(F)cc2)C2CCCC2)cc1. The number of hydrogen-bond acceptors (Lipinski definition) is 3. The van der Waals surface area contributed by atoms with E-state index in [4.69, 9.17) is 5.11 Å². The molecule has 2 aromatic rings. The molecule has 0 aromatic heterocycles. The van der Waals surface area contributed by atoms with Crippen molar-refractivity contribution in [3.05, 3.63) is 65.5 Å². The van der Waals surface area contributed by atoms with E-state index in [0.717, 1.165) is 25.7 Å². The fourth-order valence-corrected chi connectivity index (χ4v) is 4.95. The van der Waals surface area contributed by atoms with Gasteiger partial charge in [0.2, 0.25) is 10.0 Å². The van der Waals surface area contributed by atoms with Crippen molar-refractivity contribution in [1.82, 2.24) is 4.31 Å². The summed E-state index contributed by atoms with van der Waals surface area (Å²) >= 11 is 0. The second-order valence-corrected chi connectivity index (χ2v) is 8.34. The number of aromatic carboxylic acids is 1. The average molecular weight is 377 g/mol. The van der Waals surface area contributed by atoms with Crippen molar-refractivity contribution >= 4 is 16.0 Å². The fourth-order valence-electron chi connectivity index (χ4n) is 3.28. The molecule has 7 heteroatoms. The Kier molecular flexibility index (Phi) is 5.38. The summed E-state index contributed by atoms with van der Waals surface area (Å²) in [5, 5.41) is 8.99. The summed E-state index contributed by atoms with van der Waals surface area (Å²) in [6.07, 6.45) is 3.51. The molecule has 1 aliphatic rings. The number of rotatable bonds is 6. The van der Waals surface area contributed by atoms with Crippen molar-refractivity contribution in [3.63, 3.8) is 0 Å². The Morgan fingerprint density at radius 1 is 1.04 bits per heavy atom. The first-order valence-electron chi connectivity index (χ1n) is 8.47. The van der Waals surface area contributed by atoms with Crippen LogP contribution in [-0.4, -0.2) is 29.8 Å². The highest BCUT2D eigenvalue weighted by Gasteiger charge is 2.33. The molecule has 0 radical (unpaired) electrons. The van der Waals surface area contributed by atoms with Gasteiger partial charge in [-0.15, -0.1) is 0 Å². The molecule has 5 nitrogen and oxygen atoms in total. The minimum absolute atomic E-state index is 0.0369. The lowest BCUT2D eigenvalue weighted by Gasteiger charge is -2.28. The van der Waals surface area contributed by atoms with Crippen molar-refractivity contribution in [3.8, 4) is 0 Å². The van der Waals surface area contributed by atoms with E-state index in [1.807, 2.05) is 0 Å². The van der Waals surface area contributed by atoms with Gasteiger partial charge in [0.25, 0.3) is 0 Å². The molecule has 0 unspecified atom stereocenters. The van der Waals surface area contributed by atoms with Crippen LogP contribution in [0.3, 0.4) is 0 Å². The smallest absolute Gasteiger partial charge is 0.335 e. The molecule has 0 saturated heterocycles. The van der Waals surface area contributed by atoms with Crippen LogP contribution in [0.2, 0.25) is 0 Å². The van der Waals surface area contributed by atoms with Gasteiger partial charge in [-0.05, 0) is 54.8 Å². The van der Waals surface area contributed by atoms with Gasteiger partial charge in [0.05, 0.1) is 10.5 Å². The van der Waals surface area contributed by atoms with E-state index in [0.29, 0.717) is 5.56 Å². The van der Waals surface area contributed by atoms with E-state index in [1.54, 1.807) is 12.1 Å². The lowest BCUT2D eigenvalue weighted by Crippen LogP contribution is -2.38. The van der Waals surface area contributed by atoms with Gasteiger partial charge in [0, 0.05) is 12.6 Å². The second kappa shape index (κ2) is 7.55. The summed E-state index contributed by atoms with van der Waals surface area (Å²) in [5.74, 6) is -1.47. The predicted molar refractivity (Wildman–Crippen MR) is 94.8 cm³/mol. The molecular weight excluding hydrogens is 357 g/mol. The quantitative estimate of drug-likeness (QED) is 0.834. The molecule has 0 bridgehead atoms. The molecule has 1 aliphatic carbocycles. The Balaban J connectivity index is 1.93. The second-order valence-electron chi connectivity index (χ2n) is 6.44. The minimum Gasteiger partial charge on any atom is -0.478 e. The Morgan fingerprint density at radius 2 is 1.62 bits per heavy atom. The third-order valence-corrected chi connectivity index (χ3v) is 6.60. The summed E-state index contributed by atoms with van der Waals surface area (Å²) < 4.78 is 41.0. The van der Waals surface area contributed by atoms with Crippen molar-refractivity contribution in [2.75, 3.05) is 0 Å². The first kappa shape index (κ1) is 18.5. The van der Waals surface area contributed by atoms with Crippen LogP contribution in [0.4, 0.5) is 4.39 Å². The Hall–Kier alpha value is -2.25. The molecule has 0 atom stereocenters. The maximum Gasteiger partial charge on any atom is 0.335 e. The summed E-state index contributed by atoms with van der Waals surface area (Å²) in [7, 11) is -3.79. The third-order valence-electron chi connectivity index (χ3n) is 4.69. The normalized spacial score (nSPS) is 15.5. The van der Waals surface area contributed by atoms with Crippen LogP contribution in [0, 0.1) is 5.82 Å². The molecule has 3 rings (SSSR count). The molecule has 0 spiro atoms. The lowest BCUT2D eigenvalue weighted by molar-refractivity contribution is 0.0696. The van der Waals surface area contributed by atoms with Crippen molar-refractivity contribution in [2.45, 2.75) is 43.2 Å². The number of carboxylic acids is 1. The first-order valence-corrected chi connectivity index (χ1v) is 9.91. The Labute approximate surface area is 152 Å². The molecule has 0 heterocycles. The van der Waals surface area contributed by atoms with Crippen molar-refractivity contribution in [1.29, 1.82) is 0 Å². The van der Waals surface area contributed by atoms with Gasteiger partial charge in [0.15, 0.2) is 0 Å². The zero-order chi connectivity index (χ0) is 18.7. The molecule has 1 N–H and O–H groups in total. The maximum absolute atomic E-state index is 13.2. The zero-order valence-corrected chi connectivity index (χ0v) is 15.0. The van der Waals surface area contributed by atoms with Crippen LogP contribution in [0.15, 0.2) is 53.4 Å². The lowest BCUT2D eigenvalue weighted by atomic mass is 10.2. The molecule has 26 heavy (non-hydrogen) atoms. The van der Waals surface area contributed by atoms with Crippen LogP contribution < -0.4 is 0 Å². The molecule has 1 saturated carbocycles. The van der Waals surface area contributed by atoms with Crippen LogP contribution in [-0.2, 0) is 16.6 Å². The number of carboxylic acid groups (broad SMARTS) is 1. The Bertz CT molecular complexity index is 873. The highest BCUT2D eigenvalue weighted by Crippen LogP contribution is 2.30. The molecule has 1 fully saturated rings. The summed E-state index contributed by atoms with van der Waals surface area (Å²) in [6.45, 7) is 0.161. The maximum atomic E-state index is 13.2. The standard InChI is InChI=1S/C19H20FNO4S/c20-16-9-5-14(6-10-16)13-21(17-3-1-2-4-17)26(24,25)18-11-7-15(8-12-18)19(22)23/h5-12,17H,1-4,13H2,(H,22,23). The minimum atomic E-state index is -3.79. The number of carbonyl (C=O) groups is 1. The molecule has 2 aromatic carbocycles. The Morgan fingerprint density at radius 3 is 2.15 bits per heavy atom. The van der Waals surface area contributed by atoms with Gasteiger partial charge < -0.3 is 5.11 Å². The highest BCUT2D eigenvalue weighted by atomic mass is 32.2. The fraction of sp³-hybridized carbons (Fsp3) is 0.316. The van der Waals surface area contributed by atoms with Gasteiger partial charge in [-0.3, -0.25) is 0 Å². The van der Waals surface area contributed by atoms with Crippen LogP contribution in [0.5, 0.6) is 0 Å². The van der Waals surface area contributed by atoms with Gasteiger partial charge in [-0.1, -0.05) is 25.0 Å². The van der Waals surface area contributed by atoms with E-state index in [2.05, 4.69) is 0 Å². The molecule has 138 valence electrons. The topological polar surface area (TPSA) is 74.7 Å². The third kappa shape index (κ3) is 3.94. The van der Waals surface area contributed by atoms with E-state index in [9.17, 15) is 17.6 Å². The van der Waals surface area contributed by atoms with Crippen molar-refractivity contribution in [2.24, 2.45) is 0 Å². The van der Waals surface area contributed by atoms with Gasteiger partial charge in [0.1, 0.15) is 5.82 Å². The summed E-state index contributed by atoms with van der Waals surface area (Å²) in [6, 6.07) is 10.9. The largest absolute Gasteiger partial charge is 0.478 e. The number of hydrogen-bond donors (Lipinski definition) is 1. The van der Waals surface area contributed by atoms with Crippen molar-refractivity contribution < 1.29 is 22.7 Å². The van der Waals surface area contributed by atoms with Crippen LogP contribution in [0.1, 0.15) is 41.6 Å². The predicted octanol–water partition coefficient (Wildman–Crippen LogP) is 3.66. The van der Waals surface area contributed by atoms with Crippen LogP contribution >= 0.6 is 0 Å². The van der Waals surface area contributed by atoms with Gasteiger partial charge in [-0.2, -0.15) is 4.31 Å². The van der Waals surface area contributed by atoms with Gasteiger partial charge >= 0.3 is 5.97 Å². The van der Waals surface area contributed by atoms with Crippen LogP contribution in [0.25, 0.3) is 0 Å². The molecule has 0 amide bonds. The highest BCUT2D eigenvalue weighted by molar-refractivity contribution is 7.89. The zero-order valence-electron chi connectivity index (χ0n) is 14.1.